The highest BCUT2D eigenvalue weighted by molar-refractivity contribution is 5.74. The number of aromatic nitrogens is 2. The van der Waals surface area contributed by atoms with Gasteiger partial charge in [-0.1, -0.05) is 30.3 Å². The molecule has 1 N–H and O–H groups in total. The van der Waals surface area contributed by atoms with Gasteiger partial charge < -0.3 is 19.7 Å². The average molecular weight is 370 g/mol. The monoisotopic (exact) mass is 369 g/mol. The lowest BCUT2D eigenvalue weighted by Gasteiger charge is -2.33. The van der Waals surface area contributed by atoms with Crippen molar-refractivity contribution in [2.24, 2.45) is 5.92 Å². The molecule has 1 aliphatic rings. The number of amides is 2. The van der Waals surface area contributed by atoms with Gasteiger partial charge in [0.25, 0.3) is 0 Å². The van der Waals surface area contributed by atoms with Crippen LogP contribution in [-0.2, 0) is 13.0 Å². The van der Waals surface area contributed by atoms with Crippen LogP contribution in [0.15, 0.2) is 49.1 Å². The fourth-order valence-corrected chi connectivity index (χ4v) is 3.63. The summed E-state index contributed by atoms with van der Waals surface area (Å²) < 4.78 is 2.10. The van der Waals surface area contributed by atoms with Crippen molar-refractivity contribution in [2.75, 3.05) is 39.8 Å². The number of benzene rings is 1. The number of nitrogens with one attached hydrogen (secondary N) is 1. The highest BCUT2D eigenvalue weighted by atomic mass is 16.2. The van der Waals surface area contributed by atoms with Crippen molar-refractivity contribution in [3.63, 3.8) is 0 Å². The predicted molar refractivity (Wildman–Crippen MR) is 108 cm³/mol. The summed E-state index contributed by atoms with van der Waals surface area (Å²) in [4.78, 5) is 20.8. The molecule has 0 aliphatic carbocycles. The van der Waals surface area contributed by atoms with Crippen molar-refractivity contribution < 1.29 is 4.79 Å². The Morgan fingerprint density at radius 2 is 2.15 bits per heavy atom. The van der Waals surface area contributed by atoms with Gasteiger partial charge in [0.1, 0.15) is 0 Å². The Balaban J connectivity index is 1.33. The van der Waals surface area contributed by atoms with Crippen LogP contribution < -0.4 is 5.32 Å². The van der Waals surface area contributed by atoms with Gasteiger partial charge in [0.2, 0.25) is 0 Å². The molecule has 1 fully saturated rings. The molecule has 0 bridgehead atoms. The molecule has 1 unspecified atom stereocenters. The molecular weight excluding hydrogens is 338 g/mol. The molecule has 1 saturated heterocycles. The number of hydrogen-bond donors (Lipinski definition) is 1. The molecule has 0 saturated carbocycles. The van der Waals surface area contributed by atoms with E-state index in [2.05, 4.69) is 51.1 Å². The first-order chi connectivity index (χ1) is 13.2. The predicted octanol–water partition coefficient (Wildman–Crippen LogP) is 2.48. The van der Waals surface area contributed by atoms with E-state index in [0.717, 1.165) is 45.6 Å². The number of likely N-dealkylation sites (tertiary alicyclic amines) is 1. The normalized spacial score (nSPS) is 17.3. The summed E-state index contributed by atoms with van der Waals surface area (Å²) in [5.74, 6) is 0.507. The van der Waals surface area contributed by atoms with Crippen molar-refractivity contribution in [1.82, 2.24) is 24.7 Å². The van der Waals surface area contributed by atoms with Gasteiger partial charge in [0.05, 0.1) is 6.33 Å². The van der Waals surface area contributed by atoms with Crippen molar-refractivity contribution >= 4 is 6.03 Å². The minimum absolute atomic E-state index is 0.0711. The van der Waals surface area contributed by atoms with Crippen molar-refractivity contribution in [2.45, 2.75) is 25.8 Å². The highest BCUT2D eigenvalue weighted by Crippen LogP contribution is 2.18. The van der Waals surface area contributed by atoms with Gasteiger partial charge in [0, 0.05) is 51.7 Å². The van der Waals surface area contributed by atoms with E-state index in [-0.39, 0.29) is 6.03 Å². The van der Waals surface area contributed by atoms with Crippen molar-refractivity contribution in [3.8, 4) is 0 Å². The fraction of sp³-hybridized carbons (Fsp3) is 0.524. The average Bonchev–Trinajstić information content (AvgIpc) is 3.20. The van der Waals surface area contributed by atoms with E-state index >= 15 is 0 Å². The van der Waals surface area contributed by atoms with E-state index in [0.29, 0.717) is 12.5 Å². The Labute approximate surface area is 162 Å². The Bertz CT molecular complexity index is 673. The molecule has 3 rings (SSSR count). The van der Waals surface area contributed by atoms with E-state index in [9.17, 15) is 4.79 Å². The number of nitrogens with zero attached hydrogens (tertiary/aromatic N) is 4. The van der Waals surface area contributed by atoms with E-state index in [1.54, 1.807) is 0 Å². The third-order valence-electron chi connectivity index (χ3n) is 5.23. The number of piperidine rings is 1. The van der Waals surface area contributed by atoms with Crippen LogP contribution in [0.4, 0.5) is 4.79 Å². The first-order valence-corrected chi connectivity index (χ1v) is 9.91. The standard InChI is InChI=1S/C21H31N5O/c1-24(13-9-19-6-3-2-4-7-19)14-11-23-21(27)26-12-5-8-20(17-26)16-25-15-10-22-18-25/h2-4,6-7,10,15,18,20H,5,8-9,11-14,16-17H2,1H3,(H,23,27). The molecule has 146 valence electrons. The number of imidazole rings is 1. The molecule has 6 nitrogen and oxygen atoms in total. The summed E-state index contributed by atoms with van der Waals surface area (Å²) in [6, 6.07) is 10.6. The molecule has 1 atom stereocenters. The Kier molecular flexibility index (Phi) is 7.27. The topological polar surface area (TPSA) is 53.4 Å². The molecule has 27 heavy (non-hydrogen) atoms. The Hall–Kier alpha value is -2.34. The summed E-state index contributed by atoms with van der Waals surface area (Å²) >= 11 is 0. The minimum atomic E-state index is 0.0711. The van der Waals surface area contributed by atoms with Crippen LogP contribution in [0.25, 0.3) is 0 Å². The number of carbonyl (C=O) groups excluding carboxylic acids is 1. The van der Waals surface area contributed by atoms with Crippen LogP contribution in [0.1, 0.15) is 18.4 Å². The quantitative estimate of drug-likeness (QED) is 0.778. The summed E-state index contributed by atoms with van der Waals surface area (Å²) in [5, 5.41) is 3.09. The van der Waals surface area contributed by atoms with Crippen LogP contribution in [-0.4, -0.2) is 65.2 Å². The largest absolute Gasteiger partial charge is 0.337 e. The van der Waals surface area contributed by atoms with Crippen molar-refractivity contribution in [1.29, 1.82) is 0 Å². The van der Waals surface area contributed by atoms with Gasteiger partial charge in [-0.2, -0.15) is 0 Å². The zero-order valence-corrected chi connectivity index (χ0v) is 16.3. The lowest BCUT2D eigenvalue weighted by molar-refractivity contribution is 0.158. The molecule has 0 spiro atoms. The van der Waals surface area contributed by atoms with E-state index < -0.39 is 0 Å². The highest BCUT2D eigenvalue weighted by Gasteiger charge is 2.23. The van der Waals surface area contributed by atoms with Gasteiger partial charge in [-0.15, -0.1) is 0 Å². The Morgan fingerprint density at radius 3 is 2.93 bits per heavy atom. The number of rotatable bonds is 8. The van der Waals surface area contributed by atoms with E-state index in [4.69, 9.17) is 0 Å². The maximum absolute atomic E-state index is 12.5. The zero-order chi connectivity index (χ0) is 18.9. The summed E-state index contributed by atoms with van der Waals surface area (Å²) in [7, 11) is 2.11. The number of urea groups is 1. The van der Waals surface area contributed by atoms with Gasteiger partial charge >= 0.3 is 6.03 Å². The van der Waals surface area contributed by atoms with Crippen molar-refractivity contribution in [3.05, 3.63) is 54.6 Å². The summed E-state index contributed by atoms with van der Waals surface area (Å²) in [6.07, 6.45) is 8.93. The lowest BCUT2D eigenvalue weighted by atomic mass is 9.98. The molecular formula is C21H31N5O. The van der Waals surface area contributed by atoms with E-state index in [1.165, 1.54) is 12.0 Å². The second kappa shape index (κ2) is 10.1. The smallest absolute Gasteiger partial charge is 0.317 e. The second-order valence-corrected chi connectivity index (χ2v) is 7.48. The molecule has 1 aliphatic heterocycles. The molecule has 0 radical (unpaired) electrons. The van der Waals surface area contributed by atoms with E-state index in [1.807, 2.05) is 29.7 Å². The van der Waals surface area contributed by atoms with Gasteiger partial charge in [0.15, 0.2) is 0 Å². The molecule has 1 aromatic carbocycles. The zero-order valence-electron chi connectivity index (χ0n) is 16.3. The molecule has 2 heterocycles. The number of hydrogen-bond acceptors (Lipinski definition) is 3. The summed E-state index contributed by atoms with van der Waals surface area (Å²) in [6.45, 7) is 5.17. The number of likely N-dealkylation sites (N-methyl/N-ethyl adjacent to an activating group) is 1. The third-order valence-corrected chi connectivity index (χ3v) is 5.23. The van der Waals surface area contributed by atoms with Crippen LogP contribution in [0.5, 0.6) is 0 Å². The molecule has 2 aromatic rings. The maximum Gasteiger partial charge on any atom is 0.317 e. The minimum Gasteiger partial charge on any atom is -0.337 e. The first-order valence-electron chi connectivity index (χ1n) is 9.91. The van der Waals surface area contributed by atoms with Crippen LogP contribution in [0.2, 0.25) is 0 Å². The van der Waals surface area contributed by atoms with Gasteiger partial charge in [-0.3, -0.25) is 0 Å². The lowest BCUT2D eigenvalue weighted by Crippen LogP contribution is -2.47. The number of carbonyl (C=O) groups is 1. The first kappa shape index (κ1) is 19.4. The van der Waals surface area contributed by atoms with Gasteiger partial charge in [-0.25, -0.2) is 9.78 Å². The Morgan fingerprint density at radius 1 is 1.30 bits per heavy atom. The van der Waals surface area contributed by atoms with Crippen LogP contribution in [0.3, 0.4) is 0 Å². The molecule has 2 amide bonds. The second-order valence-electron chi connectivity index (χ2n) is 7.48. The fourth-order valence-electron chi connectivity index (χ4n) is 3.63. The van der Waals surface area contributed by atoms with Gasteiger partial charge in [-0.05, 0) is 37.8 Å². The molecule has 6 heteroatoms. The maximum atomic E-state index is 12.5. The van der Waals surface area contributed by atoms with Crippen LogP contribution >= 0.6 is 0 Å². The van der Waals surface area contributed by atoms with Crippen LogP contribution in [0, 0.1) is 5.92 Å². The third kappa shape index (κ3) is 6.40. The molecule has 1 aromatic heterocycles. The SMILES string of the molecule is CN(CCNC(=O)N1CCCC(Cn2ccnc2)C1)CCc1ccccc1. The summed E-state index contributed by atoms with van der Waals surface area (Å²) in [5.41, 5.74) is 1.35.